The van der Waals surface area contributed by atoms with Gasteiger partial charge in [-0.2, -0.15) is 5.10 Å². The molecule has 0 unspecified atom stereocenters. The van der Waals surface area contributed by atoms with Crippen LogP contribution in [0.15, 0.2) is 83.1 Å². The minimum absolute atomic E-state index is 0.0906. The Morgan fingerprint density at radius 1 is 1.06 bits per heavy atom. The minimum Gasteiger partial charge on any atom is -0.497 e. The monoisotopic (exact) mass is 475 g/mol. The van der Waals surface area contributed by atoms with Gasteiger partial charge in [0.15, 0.2) is 11.0 Å². The Kier molecular flexibility index (Phi) is 7.34. The molecule has 0 aliphatic carbocycles. The molecule has 4 aromatic rings. The van der Waals surface area contributed by atoms with Crippen LogP contribution in [0, 0.1) is 12.7 Å². The topological polar surface area (TPSA) is 81.4 Å². The summed E-state index contributed by atoms with van der Waals surface area (Å²) in [7, 11) is 1.62. The number of hydrogen-bond donors (Lipinski definition) is 1. The first kappa shape index (κ1) is 23.2. The summed E-state index contributed by atoms with van der Waals surface area (Å²) in [6.45, 7) is 2.02. The Hall–Kier alpha value is -3.98. The molecule has 172 valence electrons. The number of methoxy groups -OCH3 is 1. The highest BCUT2D eigenvalue weighted by atomic mass is 32.2. The predicted molar refractivity (Wildman–Crippen MR) is 131 cm³/mol. The van der Waals surface area contributed by atoms with Crippen LogP contribution in [0.1, 0.15) is 11.1 Å². The summed E-state index contributed by atoms with van der Waals surface area (Å²) in [5.41, 5.74) is 6.05. The predicted octanol–water partition coefficient (Wildman–Crippen LogP) is 4.63. The Balaban J connectivity index is 1.51. The zero-order chi connectivity index (χ0) is 23.9. The number of thioether (sulfide) groups is 1. The SMILES string of the molecule is COc1ccc(-c2nnc(SCC(=O)N/N=C\c3ccc(F)cc3)n2-c2ccc(C)cc2)cc1. The molecule has 3 aromatic carbocycles. The van der Waals surface area contributed by atoms with Gasteiger partial charge >= 0.3 is 0 Å². The fourth-order valence-electron chi connectivity index (χ4n) is 3.11. The molecule has 34 heavy (non-hydrogen) atoms. The number of nitrogens with one attached hydrogen (secondary N) is 1. The van der Waals surface area contributed by atoms with Crippen LogP contribution in [0.3, 0.4) is 0 Å². The van der Waals surface area contributed by atoms with Crippen LogP contribution >= 0.6 is 11.8 Å². The van der Waals surface area contributed by atoms with Crippen LogP contribution in [0.4, 0.5) is 4.39 Å². The fraction of sp³-hybridized carbons (Fsp3) is 0.120. The van der Waals surface area contributed by atoms with E-state index in [-0.39, 0.29) is 17.5 Å². The van der Waals surface area contributed by atoms with Crippen molar-refractivity contribution >= 4 is 23.9 Å². The lowest BCUT2D eigenvalue weighted by atomic mass is 10.2. The molecule has 0 aliphatic heterocycles. The zero-order valence-electron chi connectivity index (χ0n) is 18.6. The number of carbonyl (C=O) groups excluding carboxylic acids is 1. The lowest BCUT2D eigenvalue weighted by Crippen LogP contribution is -2.20. The molecule has 0 fully saturated rings. The summed E-state index contributed by atoms with van der Waals surface area (Å²) in [4.78, 5) is 12.3. The summed E-state index contributed by atoms with van der Waals surface area (Å²) in [5.74, 6) is 0.867. The third-order valence-corrected chi connectivity index (χ3v) is 5.81. The number of aryl methyl sites for hydroxylation is 1. The van der Waals surface area contributed by atoms with Crippen molar-refractivity contribution in [3.05, 3.63) is 89.7 Å². The van der Waals surface area contributed by atoms with Crippen molar-refractivity contribution in [2.24, 2.45) is 5.10 Å². The normalized spacial score (nSPS) is 11.0. The molecule has 1 aromatic heterocycles. The highest BCUT2D eigenvalue weighted by molar-refractivity contribution is 7.99. The van der Waals surface area contributed by atoms with Gasteiger partial charge < -0.3 is 4.74 Å². The number of hydrogen-bond acceptors (Lipinski definition) is 6. The third-order valence-electron chi connectivity index (χ3n) is 4.88. The summed E-state index contributed by atoms with van der Waals surface area (Å²) in [6, 6.07) is 21.4. The number of rotatable bonds is 8. The van der Waals surface area contributed by atoms with E-state index in [1.807, 2.05) is 60.0 Å². The van der Waals surface area contributed by atoms with Gasteiger partial charge in [-0.3, -0.25) is 9.36 Å². The number of ether oxygens (including phenoxy) is 1. The molecular weight excluding hydrogens is 453 g/mol. The van der Waals surface area contributed by atoms with Crippen LogP contribution in [0.2, 0.25) is 0 Å². The second-order valence-electron chi connectivity index (χ2n) is 7.34. The Morgan fingerprint density at radius 2 is 1.76 bits per heavy atom. The van der Waals surface area contributed by atoms with E-state index in [0.717, 1.165) is 22.6 Å². The van der Waals surface area contributed by atoms with Gasteiger partial charge in [-0.25, -0.2) is 9.82 Å². The molecule has 0 saturated heterocycles. The number of benzene rings is 3. The number of aromatic nitrogens is 3. The minimum atomic E-state index is -0.329. The van der Waals surface area contributed by atoms with E-state index >= 15 is 0 Å². The average molecular weight is 476 g/mol. The van der Waals surface area contributed by atoms with Gasteiger partial charge in [0, 0.05) is 11.3 Å². The summed E-state index contributed by atoms with van der Waals surface area (Å²) in [6.07, 6.45) is 1.46. The van der Waals surface area contributed by atoms with Crippen molar-refractivity contribution < 1.29 is 13.9 Å². The van der Waals surface area contributed by atoms with E-state index < -0.39 is 0 Å². The van der Waals surface area contributed by atoms with Crippen molar-refractivity contribution in [1.29, 1.82) is 0 Å². The van der Waals surface area contributed by atoms with Crippen LogP contribution in [-0.2, 0) is 4.79 Å². The van der Waals surface area contributed by atoms with Crippen molar-refractivity contribution in [3.63, 3.8) is 0 Å². The smallest absolute Gasteiger partial charge is 0.250 e. The third kappa shape index (κ3) is 5.68. The number of carbonyl (C=O) groups is 1. The van der Waals surface area contributed by atoms with Crippen molar-refractivity contribution in [2.45, 2.75) is 12.1 Å². The summed E-state index contributed by atoms with van der Waals surface area (Å²) >= 11 is 1.25. The summed E-state index contributed by atoms with van der Waals surface area (Å²) < 4.78 is 20.1. The van der Waals surface area contributed by atoms with E-state index in [2.05, 4.69) is 20.7 Å². The van der Waals surface area contributed by atoms with Gasteiger partial charge in [0.2, 0.25) is 0 Å². The Bertz CT molecular complexity index is 1290. The molecule has 0 spiro atoms. The zero-order valence-corrected chi connectivity index (χ0v) is 19.4. The fourth-order valence-corrected chi connectivity index (χ4v) is 3.85. The first-order chi connectivity index (χ1) is 16.5. The second kappa shape index (κ2) is 10.8. The number of hydrazone groups is 1. The molecule has 4 rings (SSSR count). The average Bonchev–Trinajstić information content (AvgIpc) is 3.28. The van der Waals surface area contributed by atoms with Gasteiger partial charge in [-0.15, -0.1) is 10.2 Å². The highest BCUT2D eigenvalue weighted by Crippen LogP contribution is 2.29. The molecule has 9 heteroatoms. The standard InChI is InChI=1S/C25H22FN5O2S/c1-17-3-11-21(12-4-17)31-24(19-7-13-22(33-2)14-8-19)29-30-25(31)34-16-23(32)28-27-15-18-5-9-20(26)10-6-18/h3-15H,16H2,1-2H3,(H,28,32)/b27-15-. The molecule has 1 N–H and O–H groups in total. The molecule has 0 atom stereocenters. The van der Waals surface area contributed by atoms with Crippen LogP contribution < -0.4 is 10.2 Å². The summed E-state index contributed by atoms with van der Waals surface area (Å²) in [5, 5.41) is 13.2. The Labute approximate surface area is 200 Å². The second-order valence-corrected chi connectivity index (χ2v) is 8.28. The lowest BCUT2D eigenvalue weighted by molar-refractivity contribution is -0.118. The molecular formula is C25H22FN5O2S. The number of nitrogens with zero attached hydrogens (tertiary/aromatic N) is 4. The molecule has 0 aliphatic rings. The maximum absolute atomic E-state index is 13.0. The molecule has 1 heterocycles. The van der Waals surface area contributed by atoms with Crippen molar-refractivity contribution in [2.75, 3.05) is 12.9 Å². The number of amides is 1. The van der Waals surface area contributed by atoms with Crippen LogP contribution in [-0.4, -0.2) is 39.7 Å². The van der Waals surface area contributed by atoms with E-state index in [4.69, 9.17) is 4.74 Å². The van der Waals surface area contributed by atoms with Crippen LogP contribution in [0.25, 0.3) is 17.1 Å². The van der Waals surface area contributed by atoms with E-state index in [9.17, 15) is 9.18 Å². The molecule has 0 saturated carbocycles. The van der Waals surface area contributed by atoms with Gasteiger partial charge in [0.25, 0.3) is 5.91 Å². The number of halogens is 1. The first-order valence-electron chi connectivity index (χ1n) is 10.4. The Morgan fingerprint density at radius 3 is 2.44 bits per heavy atom. The quantitative estimate of drug-likeness (QED) is 0.228. The lowest BCUT2D eigenvalue weighted by Gasteiger charge is -2.11. The van der Waals surface area contributed by atoms with Gasteiger partial charge in [-0.1, -0.05) is 41.6 Å². The molecule has 0 radical (unpaired) electrons. The molecule has 1 amide bonds. The van der Waals surface area contributed by atoms with E-state index in [1.165, 1.54) is 30.1 Å². The first-order valence-corrected chi connectivity index (χ1v) is 11.4. The molecule has 0 bridgehead atoms. The van der Waals surface area contributed by atoms with E-state index in [0.29, 0.717) is 16.5 Å². The van der Waals surface area contributed by atoms with Crippen molar-refractivity contribution in [3.8, 4) is 22.8 Å². The van der Waals surface area contributed by atoms with Crippen molar-refractivity contribution in [1.82, 2.24) is 20.2 Å². The van der Waals surface area contributed by atoms with E-state index in [1.54, 1.807) is 19.2 Å². The van der Waals surface area contributed by atoms with Gasteiger partial charge in [0.1, 0.15) is 11.6 Å². The van der Waals surface area contributed by atoms with Gasteiger partial charge in [-0.05, 0) is 61.0 Å². The maximum atomic E-state index is 13.0. The largest absolute Gasteiger partial charge is 0.497 e. The van der Waals surface area contributed by atoms with Crippen LogP contribution in [0.5, 0.6) is 5.75 Å². The maximum Gasteiger partial charge on any atom is 0.250 e. The van der Waals surface area contributed by atoms with Gasteiger partial charge in [0.05, 0.1) is 19.1 Å². The molecule has 7 nitrogen and oxygen atoms in total. The highest BCUT2D eigenvalue weighted by Gasteiger charge is 2.17.